The molecule has 1 unspecified atom stereocenters. The number of hydrogen-bond acceptors (Lipinski definition) is 6. The first-order valence-corrected chi connectivity index (χ1v) is 5.68. The second-order valence-electron chi connectivity index (χ2n) is 5.14. The molecule has 0 amide bonds. The van der Waals surface area contributed by atoms with E-state index >= 15 is 0 Å². The average Bonchev–Trinajstić information content (AvgIpc) is 2.13. The molecule has 1 rings (SSSR count). The van der Waals surface area contributed by atoms with Crippen LogP contribution in [0.2, 0.25) is 0 Å². The lowest BCUT2D eigenvalue weighted by molar-refractivity contribution is 0.235. The third-order valence-corrected chi connectivity index (χ3v) is 2.53. The van der Waals surface area contributed by atoms with Crippen LogP contribution in [0.15, 0.2) is 0 Å². The first kappa shape index (κ1) is 13.6. The van der Waals surface area contributed by atoms with E-state index in [4.69, 9.17) is 10.8 Å². The van der Waals surface area contributed by atoms with Gasteiger partial charge in [0.25, 0.3) is 0 Å². The maximum Gasteiger partial charge on any atom is 0.227 e. The summed E-state index contributed by atoms with van der Waals surface area (Å²) in [5.41, 5.74) is 5.56. The fourth-order valence-electron chi connectivity index (χ4n) is 1.57. The van der Waals surface area contributed by atoms with Crippen LogP contribution in [0, 0.1) is 12.3 Å². The highest BCUT2D eigenvalue weighted by Gasteiger charge is 2.24. The van der Waals surface area contributed by atoms with Gasteiger partial charge < -0.3 is 16.2 Å². The monoisotopic (exact) mass is 239 g/mol. The fraction of sp³-hybridized carbons (Fsp3) is 0.727. The molecule has 0 spiro atoms. The molecule has 0 bridgehead atoms. The van der Waals surface area contributed by atoms with Crippen molar-refractivity contribution in [2.45, 2.75) is 40.2 Å². The van der Waals surface area contributed by atoms with Crippen LogP contribution < -0.4 is 11.1 Å². The van der Waals surface area contributed by atoms with Crippen LogP contribution in [0.4, 0.5) is 11.9 Å². The number of aliphatic hydroxyl groups excluding tert-OH is 1. The molecular formula is C11H21N5O. The van der Waals surface area contributed by atoms with Gasteiger partial charge in [-0.15, -0.1) is 0 Å². The summed E-state index contributed by atoms with van der Waals surface area (Å²) in [6, 6.07) is 0.0775. The molecule has 0 saturated heterocycles. The van der Waals surface area contributed by atoms with E-state index in [1.807, 2.05) is 0 Å². The number of aromatic nitrogens is 3. The number of nitrogens with zero attached hydrogens (tertiary/aromatic N) is 3. The van der Waals surface area contributed by atoms with Gasteiger partial charge in [-0.2, -0.15) is 15.0 Å². The van der Waals surface area contributed by atoms with Gasteiger partial charge in [0.05, 0.1) is 0 Å². The van der Waals surface area contributed by atoms with E-state index in [1.54, 1.807) is 6.92 Å². The number of nitrogens with one attached hydrogen (secondary N) is 1. The van der Waals surface area contributed by atoms with Crippen molar-refractivity contribution in [1.29, 1.82) is 0 Å². The van der Waals surface area contributed by atoms with Crippen LogP contribution in [0.25, 0.3) is 0 Å². The van der Waals surface area contributed by atoms with Gasteiger partial charge in [0.2, 0.25) is 11.9 Å². The third-order valence-electron chi connectivity index (χ3n) is 2.53. The summed E-state index contributed by atoms with van der Waals surface area (Å²) in [6.45, 7) is 8.17. The van der Waals surface area contributed by atoms with Crippen LogP contribution >= 0.6 is 0 Å². The molecule has 1 aromatic rings. The molecule has 1 atom stereocenters. The lowest BCUT2D eigenvalue weighted by Crippen LogP contribution is -2.35. The highest BCUT2D eigenvalue weighted by atomic mass is 16.3. The van der Waals surface area contributed by atoms with Crippen LogP contribution in [-0.4, -0.2) is 32.7 Å². The molecule has 0 aliphatic rings. The molecule has 17 heavy (non-hydrogen) atoms. The Labute approximate surface area is 102 Å². The zero-order valence-electron chi connectivity index (χ0n) is 10.9. The lowest BCUT2D eigenvalue weighted by Gasteiger charge is -2.31. The molecule has 0 aromatic carbocycles. The minimum atomic E-state index is -0.00196. The Kier molecular flexibility index (Phi) is 4.22. The molecule has 0 saturated carbocycles. The number of anilines is 2. The minimum Gasteiger partial charge on any atom is -0.396 e. The maximum atomic E-state index is 9.07. The molecular weight excluding hydrogens is 218 g/mol. The Morgan fingerprint density at radius 2 is 1.94 bits per heavy atom. The van der Waals surface area contributed by atoms with Gasteiger partial charge in [-0.05, 0) is 18.8 Å². The van der Waals surface area contributed by atoms with Crippen molar-refractivity contribution >= 4 is 11.9 Å². The predicted molar refractivity (Wildman–Crippen MR) is 67.5 cm³/mol. The Balaban J connectivity index is 2.86. The van der Waals surface area contributed by atoms with E-state index in [0.717, 1.165) is 0 Å². The van der Waals surface area contributed by atoms with Crippen molar-refractivity contribution in [3.05, 3.63) is 5.82 Å². The molecule has 1 heterocycles. The van der Waals surface area contributed by atoms with Crippen molar-refractivity contribution < 1.29 is 5.11 Å². The van der Waals surface area contributed by atoms with Gasteiger partial charge in [-0.25, -0.2) is 0 Å². The number of aliphatic hydroxyl groups is 1. The summed E-state index contributed by atoms with van der Waals surface area (Å²) in [5, 5.41) is 12.3. The smallest absolute Gasteiger partial charge is 0.227 e. The first-order valence-electron chi connectivity index (χ1n) is 5.68. The van der Waals surface area contributed by atoms with E-state index in [0.29, 0.717) is 18.2 Å². The van der Waals surface area contributed by atoms with Gasteiger partial charge >= 0.3 is 0 Å². The van der Waals surface area contributed by atoms with E-state index < -0.39 is 0 Å². The van der Waals surface area contributed by atoms with Crippen molar-refractivity contribution in [1.82, 2.24) is 15.0 Å². The largest absolute Gasteiger partial charge is 0.396 e. The number of rotatable bonds is 4. The summed E-state index contributed by atoms with van der Waals surface area (Å²) in [5.74, 6) is 1.25. The van der Waals surface area contributed by atoms with Gasteiger partial charge in [0.15, 0.2) is 0 Å². The SMILES string of the molecule is Cc1nc(N)nc(NC(CCO)C(C)(C)C)n1. The summed E-state index contributed by atoms with van der Waals surface area (Å²) in [6.07, 6.45) is 0.633. The van der Waals surface area contributed by atoms with E-state index in [1.165, 1.54) is 0 Å². The average molecular weight is 239 g/mol. The van der Waals surface area contributed by atoms with Crippen LogP contribution in [-0.2, 0) is 0 Å². The summed E-state index contributed by atoms with van der Waals surface area (Å²) in [4.78, 5) is 12.1. The first-order chi connectivity index (χ1) is 7.82. The molecule has 6 nitrogen and oxygen atoms in total. The summed E-state index contributed by atoms with van der Waals surface area (Å²) >= 11 is 0. The number of nitrogens with two attached hydrogens (primary N) is 1. The Hall–Kier alpha value is -1.43. The van der Waals surface area contributed by atoms with Crippen LogP contribution in [0.1, 0.15) is 33.0 Å². The van der Waals surface area contributed by atoms with Crippen molar-refractivity contribution in [3.63, 3.8) is 0 Å². The van der Waals surface area contributed by atoms with Crippen molar-refractivity contribution in [3.8, 4) is 0 Å². The topological polar surface area (TPSA) is 97.0 Å². The maximum absolute atomic E-state index is 9.07. The van der Waals surface area contributed by atoms with Gasteiger partial charge in [0, 0.05) is 12.6 Å². The number of hydrogen-bond donors (Lipinski definition) is 3. The molecule has 6 heteroatoms. The van der Waals surface area contributed by atoms with Gasteiger partial charge in [-0.3, -0.25) is 0 Å². The van der Waals surface area contributed by atoms with Gasteiger partial charge in [0.1, 0.15) is 5.82 Å². The Morgan fingerprint density at radius 1 is 1.29 bits per heavy atom. The summed E-state index contributed by atoms with van der Waals surface area (Å²) in [7, 11) is 0. The molecule has 0 radical (unpaired) electrons. The Morgan fingerprint density at radius 3 is 2.41 bits per heavy atom. The third kappa shape index (κ3) is 4.14. The van der Waals surface area contributed by atoms with Crippen LogP contribution in [0.3, 0.4) is 0 Å². The second kappa shape index (κ2) is 5.27. The molecule has 4 N–H and O–H groups in total. The molecule has 1 aromatic heterocycles. The Bertz CT molecular complexity index is 354. The zero-order chi connectivity index (χ0) is 13.1. The minimum absolute atomic E-state index is 0.00196. The molecule has 0 aliphatic carbocycles. The van der Waals surface area contributed by atoms with E-state index in [-0.39, 0.29) is 24.0 Å². The zero-order valence-corrected chi connectivity index (χ0v) is 10.9. The van der Waals surface area contributed by atoms with Crippen molar-refractivity contribution in [2.75, 3.05) is 17.7 Å². The lowest BCUT2D eigenvalue weighted by atomic mass is 9.85. The molecule has 0 aliphatic heterocycles. The van der Waals surface area contributed by atoms with Crippen molar-refractivity contribution in [2.24, 2.45) is 5.41 Å². The number of aryl methyl sites for hydroxylation is 1. The fourth-order valence-corrected chi connectivity index (χ4v) is 1.57. The van der Waals surface area contributed by atoms with Crippen LogP contribution in [0.5, 0.6) is 0 Å². The van der Waals surface area contributed by atoms with E-state index in [9.17, 15) is 0 Å². The normalized spacial score (nSPS) is 13.5. The highest BCUT2D eigenvalue weighted by Crippen LogP contribution is 2.24. The highest BCUT2D eigenvalue weighted by molar-refractivity contribution is 5.32. The molecule has 96 valence electrons. The standard InChI is InChI=1S/C11H21N5O/c1-7-13-9(12)16-10(14-7)15-8(5-6-17)11(2,3)4/h8,17H,5-6H2,1-4H3,(H3,12,13,14,15,16). The second-order valence-corrected chi connectivity index (χ2v) is 5.14. The van der Waals surface area contributed by atoms with E-state index in [2.05, 4.69) is 41.0 Å². The summed E-state index contributed by atoms with van der Waals surface area (Å²) < 4.78 is 0. The predicted octanol–water partition coefficient (Wildman–Crippen LogP) is 0.971. The quantitative estimate of drug-likeness (QED) is 0.724. The van der Waals surface area contributed by atoms with Gasteiger partial charge in [-0.1, -0.05) is 20.8 Å². The molecule has 0 fully saturated rings. The number of nitrogen functional groups attached to an aromatic ring is 1.